The Labute approximate surface area is 139 Å². The number of carbonyl (C=O) groups excluding carboxylic acids is 1. The first kappa shape index (κ1) is 16.1. The van der Waals surface area contributed by atoms with Crippen LogP contribution in [0.25, 0.3) is 11.0 Å². The number of hydrogen-bond donors (Lipinski definition) is 2. The zero-order chi connectivity index (χ0) is 17.3. The summed E-state index contributed by atoms with van der Waals surface area (Å²) in [4.78, 5) is 27.0. The van der Waals surface area contributed by atoms with Crippen LogP contribution in [0.2, 0.25) is 0 Å². The van der Waals surface area contributed by atoms with Crippen LogP contribution in [0, 0.1) is 20.8 Å². The summed E-state index contributed by atoms with van der Waals surface area (Å²) in [6.45, 7) is 5.92. The summed E-state index contributed by atoms with van der Waals surface area (Å²) in [5.74, 6) is -0.141. The lowest BCUT2D eigenvalue weighted by Crippen LogP contribution is -2.28. The first-order valence-electron chi connectivity index (χ1n) is 7.87. The summed E-state index contributed by atoms with van der Waals surface area (Å²) in [6.07, 6.45) is 1.84. The Bertz CT molecular complexity index is 966. The van der Waals surface area contributed by atoms with Crippen LogP contribution >= 0.6 is 0 Å². The Kier molecular flexibility index (Phi) is 4.25. The number of H-pyrrole nitrogens is 1. The van der Waals surface area contributed by atoms with Gasteiger partial charge in [-0.2, -0.15) is 0 Å². The first-order valence-corrected chi connectivity index (χ1v) is 7.87. The van der Waals surface area contributed by atoms with E-state index in [0.717, 1.165) is 33.4 Å². The van der Waals surface area contributed by atoms with E-state index in [-0.39, 0.29) is 24.4 Å². The van der Waals surface area contributed by atoms with Gasteiger partial charge in [-0.05, 0) is 44.0 Å². The maximum atomic E-state index is 12.2. The highest BCUT2D eigenvalue weighted by atomic mass is 16.3. The average Bonchev–Trinajstić information content (AvgIpc) is 2.88. The van der Waals surface area contributed by atoms with E-state index in [4.69, 9.17) is 4.42 Å². The van der Waals surface area contributed by atoms with Gasteiger partial charge >= 0.3 is 0 Å². The Balaban J connectivity index is 1.71. The zero-order valence-corrected chi connectivity index (χ0v) is 14.0. The summed E-state index contributed by atoms with van der Waals surface area (Å²) >= 11 is 0. The normalized spacial score (nSPS) is 11.0. The number of pyridine rings is 1. The van der Waals surface area contributed by atoms with E-state index in [1.54, 1.807) is 6.26 Å². The van der Waals surface area contributed by atoms with E-state index in [9.17, 15) is 9.59 Å². The van der Waals surface area contributed by atoms with Crippen molar-refractivity contribution in [3.8, 4) is 0 Å². The van der Waals surface area contributed by atoms with Crippen molar-refractivity contribution in [2.75, 3.05) is 0 Å². The van der Waals surface area contributed by atoms with Crippen molar-refractivity contribution >= 4 is 16.9 Å². The fourth-order valence-electron chi connectivity index (χ4n) is 2.85. The van der Waals surface area contributed by atoms with Crippen LogP contribution in [0.1, 0.15) is 27.9 Å². The number of fused-ring (bicyclic) bond motifs is 1. The highest BCUT2D eigenvalue weighted by Crippen LogP contribution is 2.22. The molecule has 1 aromatic carbocycles. The van der Waals surface area contributed by atoms with E-state index < -0.39 is 0 Å². The van der Waals surface area contributed by atoms with Gasteiger partial charge in [-0.15, -0.1) is 0 Å². The Morgan fingerprint density at radius 2 is 2.00 bits per heavy atom. The van der Waals surface area contributed by atoms with Crippen molar-refractivity contribution in [1.29, 1.82) is 0 Å². The van der Waals surface area contributed by atoms with Gasteiger partial charge < -0.3 is 14.7 Å². The lowest BCUT2D eigenvalue weighted by Gasteiger charge is -2.08. The summed E-state index contributed by atoms with van der Waals surface area (Å²) in [5, 5.41) is 3.76. The van der Waals surface area contributed by atoms with Gasteiger partial charge in [0, 0.05) is 28.8 Å². The monoisotopic (exact) mass is 324 g/mol. The molecule has 0 bridgehead atoms. The molecule has 0 spiro atoms. The molecule has 2 N–H and O–H groups in total. The second kappa shape index (κ2) is 6.35. The summed E-state index contributed by atoms with van der Waals surface area (Å²) in [7, 11) is 0. The fraction of sp³-hybridized carbons (Fsp3) is 0.263. The van der Waals surface area contributed by atoms with Crippen LogP contribution in [0.15, 0.2) is 39.7 Å². The average molecular weight is 324 g/mol. The van der Waals surface area contributed by atoms with Gasteiger partial charge in [0.2, 0.25) is 5.91 Å². The largest absolute Gasteiger partial charge is 0.464 e. The molecule has 0 aliphatic rings. The molecule has 3 rings (SSSR count). The SMILES string of the molecule is Cc1ccc2c(CC(=O)NCc3c(C)cc(C)[nH]c3=O)coc2c1. The third kappa shape index (κ3) is 3.25. The molecule has 2 aromatic heterocycles. The molecule has 0 aliphatic heterocycles. The van der Waals surface area contributed by atoms with Gasteiger partial charge in [-0.1, -0.05) is 12.1 Å². The maximum absolute atomic E-state index is 12.2. The number of aryl methyl sites for hydroxylation is 3. The van der Waals surface area contributed by atoms with E-state index in [0.29, 0.717) is 5.56 Å². The number of nitrogens with one attached hydrogen (secondary N) is 2. The van der Waals surface area contributed by atoms with Gasteiger partial charge in [0.15, 0.2) is 0 Å². The number of amides is 1. The van der Waals surface area contributed by atoms with Gasteiger partial charge in [-0.3, -0.25) is 9.59 Å². The van der Waals surface area contributed by atoms with Crippen molar-refractivity contribution in [3.63, 3.8) is 0 Å². The van der Waals surface area contributed by atoms with E-state index in [1.807, 2.05) is 45.0 Å². The number of aromatic nitrogens is 1. The van der Waals surface area contributed by atoms with Gasteiger partial charge in [0.05, 0.1) is 12.7 Å². The summed E-state index contributed by atoms with van der Waals surface area (Å²) in [5.41, 5.74) is 4.86. The minimum Gasteiger partial charge on any atom is -0.464 e. The number of hydrogen-bond acceptors (Lipinski definition) is 3. The number of aromatic amines is 1. The fourth-order valence-corrected chi connectivity index (χ4v) is 2.85. The molecule has 5 nitrogen and oxygen atoms in total. The minimum atomic E-state index is -0.156. The minimum absolute atomic E-state index is 0.141. The van der Waals surface area contributed by atoms with Crippen LogP contribution in [-0.4, -0.2) is 10.9 Å². The summed E-state index contributed by atoms with van der Waals surface area (Å²) < 4.78 is 5.51. The van der Waals surface area contributed by atoms with Gasteiger partial charge in [0.25, 0.3) is 5.56 Å². The quantitative estimate of drug-likeness (QED) is 0.775. The van der Waals surface area contributed by atoms with E-state index in [1.165, 1.54) is 0 Å². The standard InChI is InChI=1S/C19H20N2O3/c1-11-4-5-15-14(10-24-17(15)6-11)8-18(22)20-9-16-12(2)7-13(3)21-19(16)23/h4-7,10H,8-9H2,1-3H3,(H,20,22)(H,21,23). The molecule has 0 radical (unpaired) electrons. The molecular formula is C19H20N2O3. The molecule has 0 saturated heterocycles. The topological polar surface area (TPSA) is 75.1 Å². The maximum Gasteiger partial charge on any atom is 0.253 e. The molecule has 0 aliphatic carbocycles. The van der Waals surface area contributed by atoms with Gasteiger partial charge in [0.1, 0.15) is 5.58 Å². The molecule has 124 valence electrons. The van der Waals surface area contributed by atoms with Crippen molar-refractivity contribution < 1.29 is 9.21 Å². The highest BCUT2D eigenvalue weighted by molar-refractivity contribution is 5.87. The number of carbonyl (C=O) groups is 1. The lowest BCUT2D eigenvalue weighted by atomic mass is 10.1. The zero-order valence-electron chi connectivity index (χ0n) is 14.0. The van der Waals surface area contributed by atoms with Crippen LogP contribution in [0.3, 0.4) is 0 Å². The molecule has 0 saturated carbocycles. The number of rotatable bonds is 4. The number of benzene rings is 1. The number of furan rings is 1. The van der Waals surface area contributed by atoms with Crippen molar-refractivity contribution in [3.05, 3.63) is 68.8 Å². The second-order valence-corrected chi connectivity index (χ2v) is 6.16. The van der Waals surface area contributed by atoms with Crippen molar-refractivity contribution in [2.24, 2.45) is 0 Å². The van der Waals surface area contributed by atoms with E-state index in [2.05, 4.69) is 10.3 Å². The molecular weight excluding hydrogens is 304 g/mol. The summed E-state index contributed by atoms with van der Waals surface area (Å²) in [6, 6.07) is 7.81. The lowest BCUT2D eigenvalue weighted by molar-refractivity contribution is -0.120. The Hall–Kier alpha value is -2.82. The molecule has 3 aromatic rings. The first-order chi connectivity index (χ1) is 11.4. The van der Waals surface area contributed by atoms with Crippen molar-refractivity contribution in [1.82, 2.24) is 10.3 Å². The van der Waals surface area contributed by atoms with Crippen LogP contribution < -0.4 is 10.9 Å². The third-order valence-corrected chi connectivity index (χ3v) is 4.12. The molecule has 1 amide bonds. The smallest absolute Gasteiger partial charge is 0.253 e. The molecule has 24 heavy (non-hydrogen) atoms. The molecule has 5 heteroatoms. The van der Waals surface area contributed by atoms with Gasteiger partial charge in [-0.25, -0.2) is 0 Å². The predicted octanol–water partition coefficient (Wildman–Crippen LogP) is 2.91. The second-order valence-electron chi connectivity index (χ2n) is 6.16. The Morgan fingerprint density at radius 3 is 2.75 bits per heavy atom. The molecule has 0 atom stereocenters. The molecule has 0 unspecified atom stereocenters. The third-order valence-electron chi connectivity index (χ3n) is 4.12. The van der Waals surface area contributed by atoms with Crippen LogP contribution in [0.4, 0.5) is 0 Å². The predicted molar refractivity (Wildman–Crippen MR) is 93.0 cm³/mol. The van der Waals surface area contributed by atoms with Crippen LogP contribution in [-0.2, 0) is 17.8 Å². The molecule has 0 fully saturated rings. The van der Waals surface area contributed by atoms with Crippen molar-refractivity contribution in [2.45, 2.75) is 33.7 Å². The highest BCUT2D eigenvalue weighted by Gasteiger charge is 2.12. The molecule has 2 heterocycles. The Morgan fingerprint density at radius 1 is 1.21 bits per heavy atom. The van der Waals surface area contributed by atoms with Crippen LogP contribution in [0.5, 0.6) is 0 Å². The van der Waals surface area contributed by atoms with E-state index >= 15 is 0 Å².